The monoisotopic (exact) mass is 244 g/mol. The fraction of sp³-hybridized carbons (Fsp3) is 1.00. The van der Waals surface area contributed by atoms with E-state index in [1.807, 2.05) is 0 Å². The van der Waals surface area contributed by atoms with Crippen molar-refractivity contribution in [1.29, 1.82) is 0 Å². The first-order valence-electron chi connectivity index (χ1n) is 6.69. The average molecular weight is 244 g/mol. The van der Waals surface area contributed by atoms with Crippen LogP contribution in [0.4, 0.5) is 0 Å². The Bertz CT molecular complexity index is 198. The van der Waals surface area contributed by atoms with Crippen molar-refractivity contribution in [2.45, 2.75) is 32.2 Å². The van der Waals surface area contributed by atoms with Crippen LogP contribution < -0.4 is 5.32 Å². The van der Waals surface area contributed by atoms with Gasteiger partial charge in [0.25, 0.3) is 0 Å². The van der Waals surface area contributed by atoms with Crippen molar-refractivity contribution in [1.82, 2.24) is 10.2 Å². The van der Waals surface area contributed by atoms with E-state index in [1.165, 1.54) is 19.4 Å². The van der Waals surface area contributed by atoms with Crippen molar-refractivity contribution in [2.75, 3.05) is 53.1 Å². The number of nitrogens with one attached hydrogen (secondary N) is 1. The Kier molecular flexibility index (Phi) is 7.04. The highest BCUT2D eigenvalue weighted by Crippen LogP contribution is 2.19. The van der Waals surface area contributed by atoms with Crippen LogP contribution in [0.25, 0.3) is 0 Å². The maximum absolute atomic E-state index is 5.52. The SMILES string of the molecule is COCCNCCCCN1CCOCC1(C)C. The summed E-state index contributed by atoms with van der Waals surface area (Å²) in [5.74, 6) is 0. The molecule has 0 atom stereocenters. The van der Waals surface area contributed by atoms with Crippen LogP contribution in [0.1, 0.15) is 26.7 Å². The lowest BCUT2D eigenvalue weighted by Crippen LogP contribution is -2.53. The number of hydrogen-bond acceptors (Lipinski definition) is 4. The number of nitrogens with zero attached hydrogens (tertiary/aromatic N) is 1. The van der Waals surface area contributed by atoms with Gasteiger partial charge in [0.2, 0.25) is 0 Å². The molecule has 0 unspecified atom stereocenters. The van der Waals surface area contributed by atoms with Gasteiger partial charge in [-0.25, -0.2) is 0 Å². The summed E-state index contributed by atoms with van der Waals surface area (Å²) in [4.78, 5) is 2.55. The van der Waals surface area contributed by atoms with E-state index < -0.39 is 0 Å². The fourth-order valence-corrected chi connectivity index (χ4v) is 2.16. The van der Waals surface area contributed by atoms with Gasteiger partial charge in [-0.2, -0.15) is 0 Å². The normalized spacial score (nSPS) is 20.6. The predicted octanol–water partition coefficient (Wildman–Crippen LogP) is 1.11. The van der Waals surface area contributed by atoms with Crippen molar-refractivity contribution in [3.63, 3.8) is 0 Å². The maximum atomic E-state index is 5.52. The highest BCUT2D eigenvalue weighted by Gasteiger charge is 2.29. The number of methoxy groups -OCH3 is 1. The molecule has 4 heteroatoms. The standard InChI is InChI=1S/C13H28N2O2/c1-13(2)12-17-11-9-15(13)8-5-4-6-14-7-10-16-3/h14H,4-12H2,1-3H3. The predicted molar refractivity (Wildman–Crippen MR) is 70.5 cm³/mol. The van der Waals surface area contributed by atoms with Crippen LogP contribution in [0.3, 0.4) is 0 Å². The summed E-state index contributed by atoms with van der Waals surface area (Å²) in [6.07, 6.45) is 2.49. The van der Waals surface area contributed by atoms with E-state index in [4.69, 9.17) is 9.47 Å². The van der Waals surface area contributed by atoms with Crippen molar-refractivity contribution < 1.29 is 9.47 Å². The second-order valence-electron chi connectivity index (χ2n) is 5.30. The molecule has 0 aromatic heterocycles. The number of hydrogen-bond donors (Lipinski definition) is 1. The van der Waals surface area contributed by atoms with Crippen LogP contribution in [0.15, 0.2) is 0 Å². The van der Waals surface area contributed by atoms with Gasteiger partial charge in [0.15, 0.2) is 0 Å². The van der Waals surface area contributed by atoms with Gasteiger partial charge < -0.3 is 14.8 Å². The van der Waals surface area contributed by atoms with Gasteiger partial charge in [-0.05, 0) is 39.8 Å². The number of rotatable bonds is 8. The molecule has 4 nitrogen and oxygen atoms in total. The zero-order chi connectivity index (χ0) is 12.6. The number of ether oxygens (including phenoxy) is 2. The molecule has 0 aromatic rings. The molecular weight excluding hydrogens is 216 g/mol. The minimum Gasteiger partial charge on any atom is -0.383 e. The first kappa shape index (κ1) is 14.9. The lowest BCUT2D eigenvalue weighted by Gasteiger charge is -2.42. The van der Waals surface area contributed by atoms with Crippen molar-refractivity contribution >= 4 is 0 Å². The van der Waals surface area contributed by atoms with E-state index in [0.29, 0.717) is 0 Å². The van der Waals surface area contributed by atoms with E-state index in [2.05, 4.69) is 24.1 Å². The summed E-state index contributed by atoms with van der Waals surface area (Å²) in [6, 6.07) is 0. The molecule has 0 spiro atoms. The minimum atomic E-state index is 0.210. The Morgan fingerprint density at radius 2 is 2.12 bits per heavy atom. The zero-order valence-electron chi connectivity index (χ0n) is 11.6. The minimum absolute atomic E-state index is 0.210. The Morgan fingerprint density at radius 3 is 2.82 bits per heavy atom. The van der Waals surface area contributed by atoms with Crippen molar-refractivity contribution in [2.24, 2.45) is 0 Å². The Balaban J connectivity index is 2.01. The molecule has 0 saturated carbocycles. The van der Waals surface area contributed by atoms with Crippen LogP contribution in [-0.2, 0) is 9.47 Å². The lowest BCUT2D eigenvalue weighted by molar-refractivity contribution is -0.0512. The molecule has 0 radical (unpaired) electrons. The molecule has 1 heterocycles. The van der Waals surface area contributed by atoms with E-state index in [9.17, 15) is 0 Å². The Morgan fingerprint density at radius 1 is 1.29 bits per heavy atom. The van der Waals surface area contributed by atoms with Gasteiger partial charge in [-0.1, -0.05) is 0 Å². The second kappa shape index (κ2) is 8.03. The molecule has 0 aromatic carbocycles. The topological polar surface area (TPSA) is 33.7 Å². The van der Waals surface area contributed by atoms with Crippen LogP contribution in [0.5, 0.6) is 0 Å². The van der Waals surface area contributed by atoms with Gasteiger partial charge >= 0.3 is 0 Å². The molecule has 1 aliphatic heterocycles. The van der Waals surface area contributed by atoms with Crippen LogP contribution in [-0.4, -0.2) is 63.5 Å². The summed E-state index contributed by atoms with van der Waals surface area (Å²) in [6.45, 7) is 11.4. The van der Waals surface area contributed by atoms with E-state index in [0.717, 1.165) is 39.5 Å². The molecule has 17 heavy (non-hydrogen) atoms. The Hall–Kier alpha value is -0.160. The van der Waals surface area contributed by atoms with Gasteiger partial charge in [0, 0.05) is 25.7 Å². The summed E-state index contributed by atoms with van der Waals surface area (Å²) < 4.78 is 10.5. The largest absolute Gasteiger partial charge is 0.383 e. The third kappa shape index (κ3) is 5.82. The van der Waals surface area contributed by atoms with Gasteiger partial charge in [-0.15, -0.1) is 0 Å². The average Bonchev–Trinajstić information content (AvgIpc) is 2.29. The zero-order valence-corrected chi connectivity index (χ0v) is 11.6. The first-order chi connectivity index (χ1) is 8.17. The smallest absolute Gasteiger partial charge is 0.0645 e. The van der Waals surface area contributed by atoms with E-state index >= 15 is 0 Å². The van der Waals surface area contributed by atoms with E-state index in [-0.39, 0.29) is 5.54 Å². The van der Waals surface area contributed by atoms with Crippen LogP contribution in [0.2, 0.25) is 0 Å². The summed E-state index contributed by atoms with van der Waals surface area (Å²) >= 11 is 0. The quantitative estimate of drug-likeness (QED) is 0.649. The lowest BCUT2D eigenvalue weighted by atomic mass is 10.0. The fourth-order valence-electron chi connectivity index (χ4n) is 2.16. The molecular formula is C13H28N2O2. The van der Waals surface area contributed by atoms with Crippen molar-refractivity contribution in [3.8, 4) is 0 Å². The summed E-state index contributed by atoms with van der Waals surface area (Å²) in [7, 11) is 1.74. The highest BCUT2D eigenvalue weighted by molar-refractivity contribution is 4.84. The summed E-state index contributed by atoms with van der Waals surface area (Å²) in [5.41, 5.74) is 0.210. The first-order valence-corrected chi connectivity index (χ1v) is 6.69. The van der Waals surface area contributed by atoms with Crippen LogP contribution >= 0.6 is 0 Å². The third-order valence-electron chi connectivity index (χ3n) is 3.33. The molecule has 0 amide bonds. The molecule has 1 saturated heterocycles. The van der Waals surface area contributed by atoms with Crippen molar-refractivity contribution in [3.05, 3.63) is 0 Å². The molecule has 1 rings (SSSR count). The molecule has 0 aliphatic carbocycles. The van der Waals surface area contributed by atoms with Gasteiger partial charge in [0.1, 0.15) is 0 Å². The summed E-state index contributed by atoms with van der Waals surface area (Å²) in [5, 5.41) is 3.38. The Labute approximate surface area is 106 Å². The number of morpholine rings is 1. The van der Waals surface area contributed by atoms with Gasteiger partial charge in [-0.3, -0.25) is 4.90 Å². The molecule has 1 aliphatic rings. The van der Waals surface area contributed by atoms with Crippen LogP contribution in [0, 0.1) is 0 Å². The molecule has 1 fully saturated rings. The van der Waals surface area contributed by atoms with Gasteiger partial charge in [0.05, 0.1) is 19.8 Å². The number of unbranched alkanes of at least 4 members (excludes halogenated alkanes) is 1. The highest BCUT2D eigenvalue weighted by atomic mass is 16.5. The second-order valence-corrected chi connectivity index (χ2v) is 5.30. The van der Waals surface area contributed by atoms with E-state index in [1.54, 1.807) is 7.11 Å². The maximum Gasteiger partial charge on any atom is 0.0645 e. The molecule has 0 bridgehead atoms. The molecule has 1 N–H and O–H groups in total. The third-order valence-corrected chi connectivity index (χ3v) is 3.33. The molecule has 102 valence electrons.